The number of nitro groups is 1. The molecule has 2 amide bonds. The van der Waals surface area contributed by atoms with E-state index >= 15 is 0 Å². The summed E-state index contributed by atoms with van der Waals surface area (Å²) < 4.78 is 0.823. The van der Waals surface area contributed by atoms with Crippen LogP contribution in [0, 0.1) is 10.1 Å². The van der Waals surface area contributed by atoms with Gasteiger partial charge in [-0.1, -0.05) is 28.1 Å². The van der Waals surface area contributed by atoms with E-state index in [-0.39, 0.29) is 16.4 Å². The second-order valence-corrected chi connectivity index (χ2v) is 5.97. The smallest absolute Gasteiger partial charge is 0.282 e. The lowest BCUT2D eigenvalue weighted by molar-refractivity contribution is -0.385. The van der Waals surface area contributed by atoms with Gasteiger partial charge in [0.15, 0.2) is 5.11 Å². The fourth-order valence-electron chi connectivity index (χ4n) is 1.81. The molecule has 0 aliphatic rings. The summed E-state index contributed by atoms with van der Waals surface area (Å²) in [6.45, 7) is 0. The number of nitrogens with zero attached hydrogens (tertiary/aromatic N) is 1. The molecule has 8 nitrogen and oxygen atoms in total. The third-order valence-corrected chi connectivity index (χ3v) is 3.70. The normalized spacial score (nSPS) is 9.80. The maximum Gasteiger partial charge on any atom is 0.282 e. The van der Waals surface area contributed by atoms with Crippen LogP contribution in [0.1, 0.15) is 20.7 Å². The standard InChI is InChI=1S/C15H11BrN4O4S/c16-10-7-5-9(6-8-10)13(21)18-19-15(25)17-14(22)11-3-1-2-4-12(11)20(23)24/h1-8H,(H,18,21)(H2,17,19,22,25). The molecule has 25 heavy (non-hydrogen) atoms. The molecule has 128 valence electrons. The van der Waals surface area contributed by atoms with Crippen LogP contribution in [0.25, 0.3) is 0 Å². The average Bonchev–Trinajstić information content (AvgIpc) is 2.60. The van der Waals surface area contributed by atoms with E-state index in [2.05, 4.69) is 32.1 Å². The van der Waals surface area contributed by atoms with Gasteiger partial charge in [0.2, 0.25) is 0 Å². The van der Waals surface area contributed by atoms with E-state index in [1.807, 2.05) is 0 Å². The number of para-hydroxylation sites is 1. The molecule has 0 radical (unpaired) electrons. The summed E-state index contributed by atoms with van der Waals surface area (Å²) in [7, 11) is 0. The number of carbonyl (C=O) groups excluding carboxylic acids is 2. The molecular weight excluding hydrogens is 412 g/mol. The Labute approximate surface area is 155 Å². The second kappa shape index (κ2) is 8.31. The van der Waals surface area contributed by atoms with Gasteiger partial charge in [-0.15, -0.1) is 0 Å². The molecule has 2 aromatic carbocycles. The van der Waals surface area contributed by atoms with Gasteiger partial charge in [0.25, 0.3) is 17.5 Å². The third kappa shape index (κ3) is 5.06. The largest absolute Gasteiger partial charge is 0.297 e. The van der Waals surface area contributed by atoms with Crippen LogP contribution in [0.3, 0.4) is 0 Å². The van der Waals surface area contributed by atoms with Crippen molar-refractivity contribution in [2.75, 3.05) is 0 Å². The zero-order valence-electron chi connectivity index (χ0n) is 12.5. The number of halogens is 1. The summed E-state index contributed by atoms with van der Waals surface area (Å²) in [5.74, 6) is -1.22. The van der Waals surface area contributed by atoms with Crippen molar-refractivity contribution in [1.29, 1.82) is 0 Å². The maximum absolute atomic E-state index is 12.1. The molecule has 2 rings (SSSR count). The number of rotatable bonds is 3. The quantitative estimate of drug-likeness (QED) is 0.397. The monoisotopic (exact) mass is 422 g/mol. The Balaban J connectivity index is 1.94. The minimum atomic E-state index is -0.761. The number of carbonyl (C=O) groups is 2. The molecule has 10 heteroatoms. The van der Waals surface area contributed by atoms with Gasteiger partial charge in [-0.05, 0) is 42.5 Å². The Bertz CT molecular complexity index is 842. The molecule has 0 unspecified atom stereocenters. The lowest BCUT2D eigenvalue weighted by Crippen LogP contribution is -2.48. The van der Waals surface area contributed by atoms with Crippen molar-refractivity contribution in [3.05, 3.63) is 74.2 Å². The first-order valence-electron chi connectivity index (χ1n) is 6.79. The van der Waals surface area contributed by atoms with E-state index < -0.39 is 16.7 Å². The lowest BCUT2D eigenvalue weighted by Gasteiger charge is -2.11. The van der Waals surface area contributed by atoms with Crippen LogP contribution in [0.4, 0.5) is 5.69 Å². The van der Waals surface area contributed by atoms with E-state index in [0.29, 0.717) is 5.56 Å². The number of hydrogen-bond donors (Lipinski definition) is 3. The van der Waals surface area contributed by atoms with Crippen molar-refractivity contribution in [3.8, 4) is 0 Å². The first-order valence-corrected chi connectivity index (χ1v) is 7.99. The molecule has 0 bridgehead atoms. The third-order valence-electron chi connectivity index (χ3n) is 2.97. The number of nitrogens with one attached hydrogen (secondary N) is 3. The number of hydrogen-bond acceptors (Lipinski definition) is 5. The fraction of sp³-hybridized carbons (Fsp3) is 0. The van der Waals surface area contributed by atoms with Gasteiger partial charge in [0, 0.05) is 16.1 Å². The first kappa shape index (κ1) is 18.5. The number of amides is 2. The average molecular weight is 423 g/mol. The van der Waals surface area contributed by atoms with Gasteiger partial charge in [0.05, 0.1) is 4.92 Å². The Morgan fingerprint density at radius 1 is 1.00 bits per heavy atom. The van der Waals surface area contributed by atoms with Gasteiger partial charge in [-0.2, -0.15) is 0 Å². The van der Waals surface area contributed by atoms with E-state index in [1.165, 1.54) is 24.3 Å². The number of hydrazine groups is 1. The number of benzene rings is 2. The Morgan fingerprint density at radius 2 is 1.64 bits per heavy atom. The minimum Gasteiger partial charge on any atom is -0.297 e. The summed E-state index contributed by atoms with van der Waals surface area (Å²) >= 11 is 8.15. The molecule has 3 N–H and O–H groups in total. The predicted octanol–water partition coefficient (Wildman–Crippen LogP) is 2.31. The molecule has 0 saturated carbocycles. The van der Waals surface area contributed by atoms with Gasteiger partial charge in [0.1, 0.15) is 5.56 Å². The molecule has 0 heterocycles. The second-order valence-electron chi connectivity index (χ2n) is 4.64. The highest BCUT2D eigenvalue weighted by molar-refractivity contribution is 9.10. The van der Waals surface area contributed by atoms with Crippen molar-refractivity contribution in [1.82, 2.24) is 16.2 Å². The SMILES string of the molecule is O=C(NNC(=S)NC(=O)c1ccccc1[N+](=O)[O-])c1ccc(Br)cc1. The minimum absolute atomic E-state index is 0.143. The molecular formula is C15H11BrN4O4S. The highest BCUT2D eigenvalue weighted by atomic mass is 79.9. The highest BCUT2D eigenvalue weighted by Crippen LogP contribution is 2.17. The fourth-order valence-corrected chi connectivity index (χ4v) is 2.22. The van der Waals surface area contributed by atoms with Gasteiger partial charge in [-0.25, -0.2) is 0 Å². The number of thiocarbonyl (C=S) groups is 1. The first-order chi connectivity index (χ1) is 11.9. The van der Waals surface area contributed by atoms with E-state index in [1.54, 1.807) is 24.3 Å². The van der Waals surface area contributed by atoms with Crippen LogP contribution >= 0.6 is 28.1 Å². The van der Waals surface area contributed by atoms with Crippen molar-refractivity contribution < 1.29 is 14.5 Å². The Kier molecular flexibility index (Phi) is 6.14. The van der Waals surface area contributed by atoms with Gasteiger partial charge in [-0.3, -0.25) is 35.9 Å². The van der Waals surface area contributed by atoms with Crippen molar-refractivity contribution in [2.45, 2.75) is 0 Å². The van der Waals surface area contributed by atoms with Gasteiger partial charge < -0.3 is 0 Å². The van der Waals surface area contributed by atoms with Crippen LogP contribution in [0.5, 0.6) is 0 Å². The lowest BCUT2D eigenvalue weighted by atomic mass is 10.1. The molecule has 0 fully saturated rings. The highest BCUT2D eigenvalue weighted by Gasteiger charge is 2.19. The predicted molar refractivity (Wildman–Crippen MR) is 97.9 cm³/mol. The summed E-state index contributed by atoms with van der Waals surface area (Å²) in [6.07, 6.45) is 0. The van der Waals surface area contributed by atoms with Crippen LogP contribution < -0.4 is 16.2 Å². The van der Waals surface area contributed by atoms with Crippen LogP contribution in [0.2, 0.25) is 0 Å². The van der Waals surface area contributed by atoms with E-state index in [0.717, 1.165) is 4.47 Å². The summed E-state index contributed by atoms with van der Waals surface area (Å²) in [5.41, 5.74) is 4.57. The van der Waals surface area contributed by atoms with Crippen LogP contribution in [-0.4, -0.2) is 21.9 Å². The van der Waals surface area contributed by atoms with Crippen molar-refractivity contribution in [3.63, 3.8) is 0 Å². The molecule has 0 saturated heterocycles. The molecule has 2 aromatic rings. The number of nitro benzene ring substituents is 1. The Morgan fingerprint density at radius 3 is 2.28 bits per heavy atom. The molecule has 0 aliphatic heterocycles. The summed E-state index contributed by atoms with van der Waals surface area (Å²) in [6, 6.07) is 12.0. The van der Waals surface area contributed by atoms with Crippen molar-refractivity contribution in [2.24, 2.45) is 0 Å². The van der Waals surface area contributed by atoms with Gasteiger partial charge >= 0.3 is 0 Å². The molecule has 0 spiro atoms. The maximum atomic E-state index is 12.1. The zero-order chi connectivity index (χ0) is 18.4. The van der Waals surface area contributed by atoms with Crippen LogP contribution in [-0.2, 0) is 0 Å². The van der Waals surface area contributed by atoms with Crippen molar-refractivity contribution >= 4 is 50.8 Å². The molecule has 0 aliphatic carbocycles. The summed E-state index contributed by atoms with van der Waals surface area (Å²) in [5, 5.41) is 13.0. The van der Waals surface area contributed by atoms with E-state index in [9.17, 15) is 19.7 Å². The Hall–Kier alpha value is -2.85. The zero-order valence-corrected chi connectivity index (χ0v) is 14.9. The topological polar surface area (TPSA) is 113 Å². The molecule has 0 aromatic heterocycles. The summed E-state index contributed by atoms with van der Waals surface area (Å²) in [4.78, 5) is 34.2. The van der Waals surface area contributed by atoms with E-state index in [4.69, 9.17) is 12.2 Å². The molecule has 0 atom stereocenters. The van der Waals surface area contributed by atoms with Crippen LogP contribution in [0.15, 0.2) is 53.0 Å².